The number of hydrogen-bond acceptors (Lipinski definition) is 4. The van der Waals surface area contributed by atoms with Crippen molar-refractivity contribution in [3.05, 3.63) is 59.4 Å². The van der Waals surface area contributed by atoms with Crippen molar-refractivity contribution in [3.63, 3.8) is 0 Å². The number of rotatable bonds is 6. The molecule has 0 aromatic heterocycles. The Kier molecular flexibility index (Phi) is 6.42. The molecule has 6 nitrogen and oxygen atoms in total. The molecule has 34 heavy (non-hydrogen) atoms. The van der Waals surface area contributed by atoms with Gasteiger partial charge in [-0.15, -0.1) is 0 Å². The minimum Gasteiger partial charge on any atom is -0.368 e. The number of hydrogen-bond donors (Lipinski definition) is 1. The third kappa shape index (κ3) is 4.80. The number of amides is 1. The Morgan fingerprint density at radius 3 is 2.50 bits per heavy atom. The van der Waals surface area contributed by atoms with Gasteiger partial charge in [-0.25, -0.2) is 35.1 Å². The van der Waals surface area contributed by atoms with Gasteiger partial charge in [0.05, 0.1) is 25.4 Å². The van der Waals surface area contributed by atoms with Crippen LogP contribution in [0.3, 0.4) is 0 Å². The van der Waals surface area contributed by atoms with E-state index in [1.165, 1.54) is 18.2 Å². The van der Waals surface area contributed by atoms with E-state index in [1.54, 1.807) is 0 Å². The molecule has 2 aliphatic heterocycles. The topological polar surface area (TPSA) is 75.7 Å². The van der Waals surface area contributed by atoms with Crippen LogP contribution in [0.4, 0.5) is 22.0 Å². The van der Waals surface area contributed by atoms with Crippen molar-refractivity contribution in [2.45, 2.75) is 37.0 Å². The molecule has 0 radical (unpaired) electrons. The first kappa shape index (κ1) is 24.6. The largest absolute Gasteiger partial charge is 0.368 e. The van der Waals surface area contributed by atoms with E-state index >= 15 is 4.39 Å². The van der Waals surface area contributed by atoms with Crippen molar-refractivity contribution in [1.82, 2.24) is 9.62 Å². The van der Waals surface area contributed by atoms with Crippen LogP contribution < -0.4 is 4.72 Å². The summed E-state index contributed by atoms with van der Waals surface area (Å²) in [6.07, 6.45) is -0.417. The van der Waals surface area contributed by atoms with Gasteiger partial charge in [-0.3, -0.25) is 4.79 Å². The third-order valence-corrected chi connectivity index (χ3v) is 6.63. The van der Waals surface area contributed by atoms with Crippen LogP contribution in [0.15, 0.2) is 36.4 Å². The number of benzene rings is 2. The average molecular weight is 504 g/mol. The highest BCUT2D eigenvalue weighted by Crippen LogP contribution is 2.37. The summed E-state index contributed by atoms with van der Waals surface area (Å²) in [6.45, 7) is -0.796. The van der Waals surface area contributed by atoms with Crippen LogP contribution in [-0.2, 0) is 26.0 Å². The number of alkyl halides is 2. The summed E-state index contributed by atoms with van der Waals surface area (Å²) in [5, 5.41) is 0. The minimum absolute atomic E-state index is 0.170. The molecule has 2 heterocycles. The molecule has 3 atom stereocenters. The van der Waals surface area contributed by atoms with Gasteiger partial charge < -0.3 is 9.64 Å². The molecule has 2 aromatic rings. The van der Waals surface area contributed by atoms with Gasteiger partial charge in [0, 0.05) is 17.5 Å². The highest BCUT2D eigenvalue weighted by Gasteiger charge is 2.57. The van der Waals surface area contributed by atoms with Gasteiger partial charge in [0.2, 0.25) is 10.0 Å². The predicted molar refractivity (Wildman–Crippen MR) is 112 cm³/mol. The fraction of sp³-hybridized carbons (Fsp3) is 0.409. The molecule has 0 saturated carbocycles. The Balaban J connectivity index is 1.74. The lowest BCUT2D eigenvalue weighted by Gasteiger charge is -2.33. The molecular weight excluding hydrogens is 483 g/mol. The Hall–Kier alpha value is -2.57. The van der Waals surface area contributed by atoms with Gasteiger partial charge in [-0.05, 0) is 30.2 Å². The number of nitrogens with zero attached hydrogens (tertiary/aromatic N) is 1. The Morgan fingerprint density at radius 1 is 1.18 bits per heavy atom. The van der Waals surface area contributed by atoms with Crippen molar-refractivity contribution in [2.24, 2.45) is 0 Å². The number of carbonyl (C=O) groups excluding carboxylic acids is 1. The molecule has 4 rings (SSSR count). The predicted octanol–water partition coefficient (Wildman–Crippen LogP) is 2.87. The summed E-state index contributed by atoms with van der Waals surface area (Å²) in [5.41, 5.74) is -0.832. The molecule has 0 bridgehead atoms. The van der Waals surface area contributed by atoms with Crippen LogP contribution in [0.2, 0.25) is 0 Å². The van der Waals surface area contributed by atoms with Crippen molar-refractivity contribution in [3.8, 4) is 11.1 Å². The first-order valence-corrected chi connectivity index (χ1v) is 12.3. The molecule has 2 fully saturated rings. The monoisotopic (exact) mass is 504 g/mol. The molecule has 184 valence electrons. The molecule has 2 aliphatic rings. The molecular formula is C22H21F5N2O4S. The van der Waals surface area contributed by atoms with Crippen LogP contribution >= 0.6 is 0 Å². The van der Waals surface area contributed by atoms with Gasteiger partial charge >= 0.3 is 0 Å². The van der Waals surface area contributed by atoms with Crippen molar-refractivity contribution >= 4 is 15.9 Å². The maximum Gasteiger partial charge on any atom is 0.283 e. The van der Waals surface area contributed by atoms with E-state index in [-0.39, 0.29) is 23.3 Å². The zero-order chi connectivity index (χ0) is 24.8. The molecule has 1 N–H and O–H groups in total. The van der Waals surface area contributed by atoms with E-state index in [0.717, 1.165) is 23.1 Å². The van der Waals surface area contributed by atoms with E-state index in [9.17, 15) is 30.8 Å². The zero-order valence-corrected chi connectivity index (χ0v) is 18.7. The highest BCUT2D eigenvalue weighted by molar-refractivity contribution is 7.88. The van der Waals surface area contributed by atoms with Gasteiger partial charge in [-0.2, -0.15) is 0 Å². The molecule has 0 aliphatic carbocycles. The Bertz CT molecular complexity index is 1220. The second-order valence-electron chi connectivity index (χ2n) is 8.42. The number of nitrogens with one attached hydrogen (secondary N) is 1. The number of sulfonamides is 1. The number of likely N-dealkylation sites (tertiary alicyclic amines) is 1. The third-order valence-electron chi connectivity index (χ3n) is 5.95. The van der Waals surface area contributed by atoms with Crippen molar-refractivity contribution in [2.75, 3.05) is 19.4 Å². The van der Waals surface area contributed by atoms with Crippen molar-refractivity contribution < 1.29 is 39.9 Å². The van der Waals surface area contributed by atoms with Gasteiger partial charge in [0.15, 0.2) is 0 Å². The normalized spacial score (nSPS) is 24.2. The molecule has 0 spiro atoms. The Labute approximate surface area is 192 Å². The van der Waals surface area contributed by atoms with Crippen LogP contribution in [0.1, 0.15) is 12.0 Å². The summed E-state index contributed by atoms with van der Waals surface area (Å²) >= 11 is 0. The van der Waals surface area contributed by atoms with E-state index in [4.69, 9.17) is 4.74 Å². The standard InChI is InChI=1S/C22H21F5N2O4S/c1-34(31,32)28-20-17(29(11-22(20,26)27)21(30)18-7-8-33-18)9-12-3-2-4-14(19(12)25)15-10-13(23)5-6-16(15)24/h2-6,10,17-18,20,28H,7-9,11H2,1H3/t17-,18+,20+/m0/s1. The van der Waals surface area contributed by atoms with E-state index in [1.807, 2.05) is 4.72 Å². The summed E-state index contributed by atoms with van der Waals surface area (Å²) < 4.78 is 104. The SMILES string of the molecule is CS(=O)(=O)N[C@@H]1[C@H](Cc2cccc(-c3cc(F)ccc3F)c2F)N(C(=O)[C@H]2CCO2)CC1(F)F. The summed E-state index contributed by atoms with van der Waals surface area (Å²) in [5.74, 6) is -7.07. The quantitative estimate of drug-likeness (QED) is 0.614. The minimum atomic E-state index is -4.12. The van der Waals surface area contributed by atoms with Crippen LogP contribution in [-0.4, -0.2) is 62.7 Å². The van der Waals surface area contributed by atoms with E-state index < -0.39 is 70.5 Å². The number of halogens is 5. The smallest absolute Gasteiger partial charge is 0.283 e. The summed E-state index contributed by atoms with van der Waals surface area (Å²) in [4.78, 5) is 13.6. The lowest BCUT2D eigenvalue weighted by atomic mass is 9.95. The second-order valence-corrected chi connectivity index (χ2v) is 10.2. The fourth-order valence-corrected chi connectivity index (χ4v) is 5.05. The van der Waals surface area contributed by atoms with Crippen LogP contribution in [0.25, 0.3) is 11.1 Å². The molecule has 12 heteroatoms. The zero-order valence-electron chi connectivity index (χ0n) is 17.9. The molecule has 2 aromatic carbocycles. The Morgan fingerprint density at radius 2 is 1.88 bits per heavy atom. The van der Waals surface area contributed by atoms with Gasteiger partial charge in [-0.1, -0.05) is 18.2 Å². The van der Waals surface area contributed by atoms with E-state index in [2.05, 4.69) is 0 Å². The average Bonchev–Trinajstić information content (AvgIpc) is 2.93. The molecule has 1 amide bonds. The lowest BCUT2D eigenvalue weighted by molar-refractivity contribution is -0.158. The lowest BCUT2D eigenvalue weighted by Crippen LogP contribution is -2.54. The van der Waals surface area contributed by atoms with Crippen LogP contribution in [0, 0.1) is 17.5 Å². The maximum atomic E-state index is 15.4. The fourth-order valence-electron chi connectivity index (χ4n) is 4.26. The summed E-state index contributed by atoms with van der Waals surface area (Å²) in [6, 6.07) is 2.83. The maximum absolute atomic E-state index is 15.4. The second kappa shape index (κ2) is 8.90. The summed E-state index contributed by atoms with van der Waals surface area (Å²) in [7, 11) is -4.12. The van der Waals surface area contributed by atoms with Crippen LogP contribution in [0.5, 0.6) is 0 Å². The van der Waals surface area contributed by atoms with E-state index in [0.29, 0.717) is 12.7 Å². The van der Waals surface area contributed by atoms with Gasteiger partial charge in [0.25, 0.3) is 11.8 Å². The number of carbonyl (C=O) groups is 1. The number of ether oxygens (including phenoxy) is 1. The first-order chi connectivity index (χ1) is 15.9. The molecule has 2 saturated heterocycles. The first-order valence-electron chi connectivity index (χ1n) is 10.4. The molecule has 0 unspecified atom stereocenters. The highest BCUT2D eigenvalue weighted by atomic mass is 32.2. The van der Waals surface area contributed by atoms with Gasteiger partial charge in [0.1, 0.15) is 29.6 Å². The van der Waals surface area contributed by atoms with Crippen molar-refractivity contribution in [1.29, 1.82) is 0 Å².